The van der Waals surface area contributed by atoms with Gasteiger partial charge in [-0.2, -0.15) is 13.2 Å². The summed E-state index contributed by atoms with van der Waals surface area (Å²) in [5.41, 5.74) is 3.22. The third kappa shape index (κ3) is 4.47. The van der Waals surface area contributed by atoms with Crippen molar-refractivity contribution < 1.29 is 18.4 Å². The van der Waals surface area contributed by atoms with Crippen LogP contribution in [-0.2, 0) is 12.7 Å². The molecule has 7 heteroatoms. The summed E-state index contributed by atoms with van der Waals surface area (Å²) in [6.07, 6.45) is -0.841. The molecule has 0 unspecified atom stereocenters. The maximum absolute atomic E-state index is 13.2. The number of nitrogens with one attached hydrogen (secondary N) is 2. The summed E-state index contributed by atoms with van der Waals surface area (Å²) in [6, 6.07) is 11.7. The van der Waals surface area contributed by atoms with Crippen molar-refractivity contribution in [2.24, 2.45) is 0 Å². The van der Waals surface area contributed by atoms with Crippen LogP contribution in [0.1, 0.15) is 30.4 Å². The topological polar surface area (TPSA) is 47.5 Å². The predicted molar refractivity (Wildman–Crippen MR) is 95.9 cm³/mol. The lowest BCUT2D eigenvalue weighted by atomic mass is 10.1. The molecule has 0 amide bonds. The first-order valence-electron chi connectivity index (χ1n) is 8.66. The fraction of sp³-hybridized carbons (Fsp3) is 0.368. The van der Waals surface area contributed by atoms with Gasteiger partial charge in [-0.05, 0) is 61.2 Å². The molecule has 1 fully saturated rings. The highest BCUT2D eigenvalue weighted by molar-refractivity contribution is 5.64. The highest BCUT2D eigenvalue weighted by Gasteiger charge is 2.33. The molecule has 1 heterocycles. The largest absolute Gasteiger partial charge is 0.416 e. The SMILES string of the molecule is ONCc1ccc(Nc2ccc(N3CCCCC3)cc2)cc1C(F)(F)F. The van der Waals surface area contributed by atoms with Crippen LogP contribution in [0.3, 0.4) is 0 Å². The molecule has 0 aliphatic carbocycles. The van der Waals surface area contributed by atoms with Crippen molar-refractivity contribution in [3.05, 3.63) is 53.6 Å². The molecule has 0 saturated carbocycles. The number of hydrogen-bond donors (Lipinski definition) is 3. The number of alkyl halides is 3. The lowest BCUT2D eigenvalue weighted by molar-refractivity contribution is -0.138. The summed E-state index contributed by atoms with van der Waals surface area (Å²) in [7, 11) is 0. The standard InChI is InChI=1S/C19H22F3N3O/c20-19(21,22)18-12-16(5-4-14(18)13-23-26)24-15-6-8-17(9-7-15)25-10-2-1-3-11-25/h4-9,12,23-24,26H,1-3,10-11,13H2. The molecule has 4 nitrogen and oxygen atoms in total. The third-order valence-electron chi connectivity index (χ3n) is 4.56. The zero-order valence-corrected chi connectivity index (χ0v) is 14.3. The minimum absolute atomic E-state index is 0.00834. The normalized spacial score (nSPS) is 15.2. The fourth-order valence-corrected chi connectivity index (χ4v) is 3.23. The smallest absolute Gasteiger partial charge is 0.372 e. The van der Waals surface area contributed by atoms with Crippen LogP contribution in [0.2, 0.25) is 0 Å². The van der Waals surface area contributed by atoms with Crippen molar-refractivity contribution in [1.82, 2.24) is 5.48 Å². The molecule has 2 aromatic rings. The van der Waals surface area contributed by atoms with Crippen LogP contribution >= 0.6 is 0 Å². The Kier molecular flexibility index (Phi) is 5.68. The fourth-order valence-electron chi connectivity index (χ4n) is 3.23. The summed E-state index contributed by atoms with van der Waals surface area (Å²) in [5, 5.41) is 11.7. The minimum Gasteiger partial charge on any atom is -0.372 e. The van der Waals surface area contributed by atoms with E-state index in [0.29, 0.717) is 5.69 Å². The molecule has 1 aliphatic rings. The maximum atomic E-state index is 13.2. The number of anilines is 3. The lowest BCUT2D eigenvalue weighted by Crippen LogP contribution is -2.29. The van der Waals surface area contributed by atoms with Gasteiger partial charge in [-0.15, -0.1) is 0 Å². The van der Waals surface area contributed by atoms with Gasteiger partial charge in [0.1, 0.15) is 0 Å². The lowest BCUT2D eigenvalue weighted by Gasteiger charge is -2.28. The molecule has 1 aliphatic heterocycles. The first-order valence-corrected chi connectivity index (χ1v) is 8.66. The third-order valence-corrected chi connectivity index (χ3v) is 4.56. The number of benzene rings is 2. The van der Waals surface area contributed by atoms with Gasteiger partial charge in [0.25, 0.3) is 0 Å². The van der Waals surface area contributed by atoms with Crippen LogP contribution in [0.5, 0.6) is 0 Å². The quantitative estimate of drug-likeness (QED) is 0.659. The van der Waals surface area contributed by atoms with Crippen LogP contribution in [0, 0.1) is 0 Å². The number of hydrogen-bond acceptors (Lipinski definition) is 4. The molecule has 140 valence electrons. The van der Waals surface area contributed by atoms with E-state index >= 15 is 0 Å². The van der Waals surface area contributed by atoms with E-state index in [2.05, 4.69) is 10.2 Å². The summed E-state index contributed by atoms with van der Waals surface area (Å²) in [6.45, 7) is 1.82. The van der Waals surface area contributed by atoms with Gasteiger partial charge in [-0.25, -0.2) is 5.48 Å². The number of nitrogens with zero attached hydrogens (tertiary/aromatic N) is 1. The number of piperidine rings is 1. The number of rotatable bonds is 5. The first-order chi connectivity index (χ1) is 12.5. The summed E-state index contributed by atoms with van der Waals surface area (Å²) in [5.74, 6) is 0. The Balaban J connectivity index is 1.76. The van der Waals surface area contributed by atoms with E-state index in [1.54, 1.807) is 11.5 Å². The second-order valence-electron chi connectivity index (χ2n) is 6.42. The first kappa shape index (κ1) is 18.5. The summed E-state index contributed by atoms with van der Waals surface area (Å²) in [4.78, 5) is 2.33. The maximum Gasteiger partial charge on any atom is 0.416 e. The van der Waals surface area contributed by atoms with Gasteiger partial charge in [-0.3, -0.25) is 0 Å². The Labute approximate surface area is 150 Å². The predicted octanol–water partition coefficient (Wildman–Crippen LogP) is 4.92. The molecule has 0 aromatic heterocycles. The summed E-state index contributed by atoms with van der Waals surface area (Å²) < 4.78 is 39.6. The minimum atomic E-state index is -4.48. The van der Waals surface area contributed by atoms with Crippen molar-refractivity contribution in [2.75, 3.05) is 23.3 Å². The second kappa shape index (κ2) is 7.97. The Morgan fingerprint density at radius 2 is 1.58 bits per heavy atom. The number of hydroxylamine groups is 1. The van der Waals surface area contributed by atoms with Crippen LogP contribution in [-0.4, -0.2) is 18.3 Å². The van der Waals surface area contributed by atoms with Gasteiger partial charge in [0.15, 0.2) is 0 Å². The molecule has 0 atom stereocenters. The molecule has 26 heavy (non-hydrogen) atoms. The highest BCUT2D eigenvalue weighted by atomic mass is 19.4. The van der Waals surface area contributed by atoms with Crippen molar-refractivity contribution in [3.63, 3.8) is 0 Å². The monoisotopic (exact) mass is 365 g/mol. The molecular weight excluding hydrogens is 343 g/mol. The van der Waals surface area contributed by atoms with Gasteiger partial charge < -0.3 is 15.4 Å². The van der Waals surface area contributed by atoms with E-state index in [4.69, 9.17) is 5.21 Å². The van der Waals surface area contributed by atoms with Crippen LogP contribution in [0.15, 0.2) is 42.5 Å². The average Bonchev–Trinajstić information content (AvgIpc) is 2.64. The van der Waals surface area contributed by atoms with Gasteiger partial charge in [0, 0.05) is 36.7 Å². The van der Waals surface area contributed by atoms with E-state index in [9.17, 15) is 13.2 Å². The Morgan fingerprint density at radius 3 is 2.19 bits per heavy atom. The molecule has 0 bridgehead atoms. The zero-order valence-electron chi connectivity index (χ0n) is 14.3. The molecule has 1 saturated heterocycles. The van der Waals surface area contributed by atoms with Crippen molar-refractivity contribution >= 4 is 17.1 Å². The van der Waals surface area contributed by atoms with E-state index in [-0.39, 0.29) is 12.1 Å². The zero-order chi connectivity index (χ0) is 18.6. The molecule has 2 aromatic carbocycles. The van der Waals surface area contributed by atoms with E-state index in [1.165, 1.54) is 25.3 Å². The molecular formula is C19H22F3N3O. The van der Waals surface area contributed by atoms with E-state index in [1.807, 2.05) is 24.3 Å². The summed E-state index contributed by atoms with van der Waals surface area (Å²) >= 11 is 0. The number of halogens is 3. The Bertz CT molecular complexity index is 726. The van der Waals surface area contributed by atoms with Gasteiger partial charge in [0.2, 0.25) is 0 Å². The van der Waals surface area contributed by atoms with Crippen LogP contribution in [0.25, 0.3) is 0 Å². The van der Waals surface area contributed by atoms with Gasteiger partial charge >= 0.3 is 6.18 Å². The average molecular weight is 365 g/mol. The molecule has 3 N–H and O–H groups in total. The van der Waals surface area contributed by atoms with Crippen LogP contribution in [0.4, 0.5) is 30.2 Å². The van der Waals surface area contributed by atoms with Crippen molar-refractivity contribution in [1.29, 1.82) is 0 Å². The van der Waals surface area contributed by atoms with Crippen molar-refractivity contribution in [3.8, 4) is 0 Å². The molecule has 0 spiro atoms. The van der Waals surface area contributed by atoms with Gasteiger partial charge in [0.05, 0.1) is 5.56 Å². The van der Waals surface area contributed by atoms with Gasteiger partial charge in [-0.1, -0.05) is 6.07 Å². The molecule has 0 radical (unpaired) electrons. The van der Waals surface area contributed by atoms with E-state index in [0.717, 1.165) is 30.5 Å². The van der Waals surface area contributed by atoms with E-state index < -0.39 is 11.7 Å². The second-order valence-corrected chi connectivity index (χ2v) is 6.42. The highest BCUT2D eigenvalue weighted by Crippen LogP contribution is 2.34. The molecule has 3 rings (SSSR count). The Hall–Kier alpha value is -2.25. The van der Waals surface area contributed by atoms with Crippen LogP contribution < -0.4 is 15.7 Å². The van der Waals surface area contributed by atoms with Crippen molar-refractivity contribution in [2.45, 2.75) is 32.0 Å². The Morgan fingerprint density at radius 1 is 0.923 bits per heavy atom.